The summed E-state index contributed by atoms with van der Waals surface area (Å²) in [6, 6.07) is 0. The Hall–Kier alpha value is -0.530. The Kier molecular flexibility index (Phi) is 3.57. The molecule has 0 heterocycles. The van der Waals surface area contributed by atoms with Crippen LogP contribution in [0, 0.1) is 11.8 Å². The van der Waals surface area contributed by atoms with Gasteiger partial charge < -0.3 is 5.32 Å². The van der Waals surface area contributed by atoms with E-state index < -0.39 is 0 Å². The summed E-state index contributed by atoms with van der Waals surface area (Å²) in [5.74, 6) is 1.29. The molecule has 0 atom stereocenters. The minimum atomic E-state index is 0.240. The van der Waals surface area contributed by atoms with Gasteiger partial charge >= 0.3 is 0 Å². The van der Waals surface area contributed by atoms with Gasteiger partial charge in [0.25, 0.3) is 0 Å². The largest absolute Gasteiger partial charge is 0.356 e. The monoisotopic (exact) mass is 169 g/mol. The second-order valence-electron chi connectivity index (χ2n) is 3.70. The molecule has 1 fully saturated rings. The zero-order chi connectivity index (χ0) is 8.97. The Labute approximate surface area is 74.7 Å². The van der Waals surface area contributed by atoms with Crippen molar-refractivity contribution >= 4 is 5.91 Å². The fraction of sp³-hybridized carbons (Fsp3) is 0.900. The summed E-state index contributed by atoms with van der Waals surface area (Å²) in [5, 5.41) is 3.01. The fourth-order valence-electron chi connectivity index (χ4n) is 1.37. The lowest BCUT2D eigenvalue weighted by atomic mass is 10.0. The molecule has 2 nitrogen and oxygen atoms in total. The van der Waals surface area contributed by atoms with Gasteiger partial charge in [0.05, 0.1) is 0 Å². The number of nitrogens with one attached hydrogen (secondary N) is 1. The predicted molar refractivity (Wildman–Crippen MR) is 49.8 cm³/mol. The van der Waals surface area contributed by atoms with Crippen molar-refractivity contribution in [3.05, 3.63) is 0 Å². The standard InChI is InChI=1S/C10H19NO/c1-3-9(4-2)10(12)11-7-8-5-6-8/h8-9H,3-7H2,1-2H3,(H,11,12). The molecule has 0 aliphatic heterocycles. The van der Waals surface area contributed by atoms with Gasteiger partial charge in [0, 0.05) is 12.5 Å². The smallest absolute Gasteiger partial charge is 0.223 e. The van der Waals surface area contributed by atoms with Crippen LogP contribution in [0.1, 0.15) is 39.5 Å². The molecule has 2 heteroatoms. The molecule has 0 aromatic rings. The number of hydrogen-bond donors (Lipinski definition) is 1. The highest BCUT2D eigenvalue weighted by Crippen LogP contribution is 2.27. The maximum absolute atomic E-state index is 11.4. The number of hydrogen-bond acceptors (Lipinski definition) is 1. The van der Waals surface area contributed by atoms with Gasteiger partial charge in [-0.1, -0.05) is 13.8 Å². The summed E-state index contributed by atoms with van der Waals surface area (Å²) >= 11 is 0. The van der Waals surface area contributed by atoms with E-state index >= 15 is 0 Å². The molecule has 1 amide bonds. The van der Waals surface area contributed by atoms with Crippen molar-refractivity contribution in [2.24, 2.45) is 11.8 Å². The van der Waals surface area contributed by atoms with Gasteiger partial charge in [-0.3, -0.25) is 4.79 Å². The first-order chi connectivity index (χ1) is 5.77. The second-order valence-corrected chi connectivity index (χ2v) is 3.70. The van der Waals surface area contributed by atoms with Crippen molar-refractivity contribution in [1.29, 1.82) is 0 Å². The van der Waals surface area contributed by atoms with Crippen LogP contribution in [0.5, 0.6) is 0 Å². The summed E-state index contributed by atoms with van der Waals surface area (Å²) in [7, 11) is 0. The van der Waals surface area contributed by atoms with Crippen LogP contribution in [-0.4, -0.2) is 12.5 Å². The van der Waals surface area contributed by atoms with Crippen LogP contribution in [0.15, 0.2) is 0 Å². The molecule has 1 aliphatic carbocycles. The Morgan fingerprint density at radius 1 is 1.42 bits per heavy atom. The molecule has 1 aliphatic rings. The zero-order valence-corrected chi connectivity index (χ0v) is 8.10. The highest BCUT2D eigenvalue weighted by atomic mass is 16.1. The molecule has 0 unspecified atom stereocenters. The highest BCUT2D eigenvalue weighted by Gasteiger charge is 2.23. The summed E-state index contributed by atoms with van der Waals surface area (Å²) in [5.41, 5.74) is 0. The normalized spacial score (nSPS) is 16.6. The lowest BCUT2D eigenvalue weighted by Crippen LogP contribution is -2.31. The van der Waals surface area contributed by atoms with Crippen LogP contribution in [-0.2, 0) is 4.79 Å². The Morgan fingerprint density at radius 2 is 2.00 bits per heavy atom. The Bertz CT molecular complexity index is 148. The lowest BCUT2D eigenvalue weighted by Gasteiger charge is -2.11. The van der Waals surface area contributed by atoms with Crippen molar-refractivity contribution in [3.63, 3.8) is 0 Å². The van der Waals surface area contributed by atoms with Crippen LogP contribution in [0.4, 0.5) is 0 Å². The summed E-state index contributed by atoms with van der Waals surface area (Å²) in [6.07, 6.45) is 4.55. The van der Waals surface area contributed by atoms with Crippen molar-refractivity contribution < 1.29 is 4.79 Å². The maximum atomic E-state index is 11.4. The van der Waals surface area contributed by atoms with E-state index in [-0.39, 0.29) is 11.8 Å². The third-order valence-electron chi connectivity index (χ3n) is 2.62. The number of amides is 1. The third kappa shape index (κ3) is 2.84. The van der Waals surface area contributed by atoms with E-state index in [0.29, 0.717) is 0 Å². The van der Waals surface area contributed by atoms with E-state index in [9.17, 15) is 4.79 Å². The third-order valence-corrected chi connectivity index (χ3v) is 2.62. The molecule has 1 rings (SSSR count). The quantitative estimate of drug-likeness (QED) is 0.669. The van der Waals surface area contributed by atoms with Gasteiger partial charge in [-0.2, -0.15) is 0 Å². The molecule has 1 saturated carbocycles. The first-order valence-corrected chi connectivity index (χ1v) is 5.05. The minimum absolute atomic E-state index is 0.240. The SMILES string of the molecule is CCC(CC)C(=O)NCC1CC1. The van der Waals surface area contributed by atoms with Gasteiger partial charge in [-0.25, -0.2) is 0 Å². The molecule has 0 saturated heterocycles. The molecule has 0 aromatic heterocycles. The zero-order valence-electron chi connectivity index (χ0n) is 8.10. The first-order valence-electron chi connectivity index (χ1n) is 5.05. The van der Waals surface area contributed by atoms with Crippen LogP contribution in [0.25, 0.3) is 0 Å². The van der Waals surface area contributed by atoms with Crippen LogP contribution < -0.4 is 5.32 Å². The van der Waals surface area contributed by atoms with Gasteiger partial charge in [0.2, 0.25) is 5.91 Å². The van der Waals surface area contributed by atoms with Gasteiger partial charge in [0.1, 0.15) is 0 Å². The second kappa shape index (κ2) is 4.48. The average molecular weight is 169 g/mol. The van der Waals surface area contributed by atoms with E-state index in [1.165, 1.54) is 12.8 Å². The number of carbonyl (C=O) groups is 1. The Morgan fingerprint density at radius 3 is 2.42 bits per heavy atom. The van der Waals surface area contributed by atoms with E-state index in [4.69, 9.17) is 0 Å². The van der Waals surface area contributed by atoms with Crippen LogP contribution in [0.2, 0.25) is 0 Å². The van der Waals surface area contributed by atoms with Gasteiger partial charge in [-0.05, 0) is 31.6 Å². The topological polar surface area (TPSA) is 29.1 Å². The van der Waals surface area contributed by atoms with Crippen molar-refractivity contribution in [2.45, 2.75) is 39.5 Å². The molecule has 0 bridgehead atoms. The summed E-state index contributed by atoms with van der Waals surface area (Å²) in [6.45, 7) is 5.06. The first kappa shape index (κ1) is 9.56. The number of carbonyl (C=O) groups excluding carboxylic acids is 1. The summed E-state index contributed by atoms with van der Waals surface area (Å²) in [4.78, 5) is 11.4. The molecule has 12 heavy (non-hydrogen) atoms. The van der Waals surface area contributed by atoms with Gasteiger partial charge in [-0.15, -0.1) is 0 Å². The number of rotatable bonds is 5. The molecule has 1 N–H and O–H groups in total. The van der Waals surface area contributed by atoms with Gasteiger partial charge in [0.15, 0.2) is 0 Å². The molecule has 0 radical (unpaired) electrons. The van der Waals surface area contributed by atoms with E-state index in [1.807, 2.05) is 0 Å². The molecular formula is C10H19NO. The molecule has 0 aromatic carbocycles. The average Bonchev–Trinajstić information content (AvgIpc) is 2.86. The molecule has 0 spiro atoms. The maximum Gasteiger partial charge on any atom is 0.223 e. The van der Waals surface area contributed by atoms with E-state index in [1.54, 1.807) is 0 Å². The van der Waals surface area contributed by atoms with E-state index in [2.05, 4.69) is 19.2 Å². The molecule has 70 valence electrons. The minimum Gasteiger partial charge on any atom is -0.356 e. The fourth-order valence-corrected chi connectivity index (χ4v) is 1.37. The predicted octanol–water partition coefficient (Wildman–Crippen LogP) is 1.95. The Balaban J connectivity index is 2.15. The van der Waals surface area contributed by atoms with E-state index in [0.717, 1.165) is 25.3 Å². The van der Waals surface area contributed by atoms with Crippen molar-refractivity contribution in [1.82, 2.24) is 5.32 Å². The van der Waals surface area contributed by atoms with Crippen molar-refractivity contribution in [2.75, 3.05) is 6.54 Å². The van der Waals surface area contributed by atoms with Crippen LogP contribution >= 0.6 is 0 Å². The van der Waals surface area contributed by atoms with Crippen molar-refractivity contribution in [3.8, 4) is 0 Å². The summed E-state index contributed by atoms with van der Waals surface area (Å²) < 4.78 is 0. The molecular weight excluding hydrogens is 150 g/mol. The highest BCUT2D eigenvalue weighted by molar-refractivity contribution is 5.78. The van der Waals surface area contributed by atoms with Crippen LogP contribution in [0.3, 0.4) is 0 Å². The lowest BCUT2D eigenvalue weighted by molar-refractivity contribution is -0.125.